The second-order valence-corrected chi connectivity index (χ2v) is 8.01. The largest absolute Gasteiger partial charge is 0.348 e. The van der Waals surface area contributed by atoms with Gasteiger partial charge in [-0.1, -0.05) is 29.3 Å². The zero-order valence-corrected chi connectivity index (χ0v) is 16.0. The minimum Gasteiger partial charge on any atom is -0.348 e. The Labute approximate surface area is 160 Å². The molecule has 0 radical (unpaired) electrons. The van der Waals surface area contributed by atoms with E-state index in [0.717, 1.165) is 10.9 Å². The Morgan fingerprint density at radius 3 is 2.54 bits per heavy atom. The van der Waals surface area contributed by atoms with Crippen LogP contribution in [-0.4, -0.2) is 19.0 Å². The number of rotatable bonds is 4. The van der Waals surface area contributed by atoms with Crippen LogP contribution in [0.1, 0.15) is 6.92 Å². The summed E-state index contributed by atoms with van der Waals surface area (Å²) in [7, 11) is -4.03. The molecule has 0 fully saturated rings. The van der Waals surface area contributed by atoms with Gasteiger partial charge in [-0.25, -0.2) is 17.9 Å². The lowest BCUT2D eigenvalue weighted by atomic mass is 10.2. The van der Waals surface area contributed by atoms with Crippen LogP contribution in [0.4, 0.5) is 10.5 Å². The molecule has 2 N–H and O–H groups in total. The number of amides is 2. The van der Waals surface area contributed by atoms with Crippen molar-refractivity contribution in [3.63, 3.8) is 0 Å². The molecule has 1 aromatic heterocycles. The molecule has 2 aromatic carbocycles. The van der Waals surface area contributed by atoms with E-state index in [9.17, 15) is 13.2 Å². The van der Waals surface area contributed by atoms with E-state index in [4.69, 9.17) is 23.2 Å². The Morgan fingerprint density at radius 2 is 1.85 bits per heavy atom. The molecule has 0 atom stereocenters. The minimum atomic E-state index is -4.03. The maximum absolute atomic E-state index is 12.5. The second-order valence-electron chi connectivity index (χ2n) is 5.51. The molecular formula is C17H15Cl2N3O3S. The van der Waals surface area contributed by atoms with Crippen LogP contribution in [0.3, 0.4) is 0 Å². The van der Waals surface area contributed by atoms with Crippen LogP contribution >= 0.6 is 23.2 Å². The van der Waals surface area contributed by atoms with Gasteiger partial charge in [0, 0.05) is 23.9 Å². The van der Waals surface area contributed by atoms with Gasteiger partial charge in [-0.3, -0.25) is 0 Å². The maximum atomic E-state index is 12.5. The molecule has 2 amide bonds. The molecule has 136 valence electrons. The highest BCUT2D eigenvalue weighted by molar-refractivity contribution is 7.90. The topological polar surface area (TPSA) is 80.2 Å². The Hall–Kier alpha value is -2.22. The number of urea groups is 1. The average molecular weight is 412 g/mol. The Balaban J connectivity index is 1.81. The lowest BCUT2D eigenvalue weighted by molar-refractivity contribution is 0.256. The molecule has 0 spiro atoms. The van der Waals surface area contributed by atoms with Crippen molar-refractivity contribution in [1.82, 2.24) is 9.29 Å². The third kappa shape index (κ3) is 3.80. The number of carbonyl (C=O) groups excluding carboxylic acids is 1. The fraction of sp³-hybridized carbons (Fsp3) is 0.118. The van der Waals surface area contributed by atoms with Gasteiger partial charge in [-0.15, -0.1) is 0 Å². The fourth-order valence-electron chi connectivity index (χ4n) is 2.52. The van der Waals surface area contributed by atoms with E-state index in [-0.39, 0.29) is 9.92 Å². The van der Waals surface area contributed by atoms with Crippen LogP contribution in [0.2, 0.25) is 10.0 Å². The van der Waals surface area contributed by atoms with Crippen LogP contribution in [0.5, 0.6) is 0 Å². The molecule has 0 aliphatic heterocycles. The summed E-state index contributed by atoms with van der Waals surface area (Å²) in [4.78, 5) is 12.1. The second kappa shape index (κ2) is 7.19. The average Bonchev–Trinajstić information content (AvgIpc) is 3.00. The number of benzene rings is 2. The van der Waals surface area contributed by atoms with E-state index < -0.39 is 16.1 Å². The van der Waals surface area contributed by atoms with Crippen LogP contribution in [0, 0.1) is 0 Å². The number of halogens is 2. The van der Waals surface area contributed by atoms with Gasteiger partial charge >= 0.3 is 6.03 Å². The molecule has 0 bridgehead atoms. The van der Waals surface area contributed by atoms with Crippen molar-refractivity contribution in [2.75, 3.05) is 5.32 Å². The number of sulfonamides is 1. The molecule has 3 rings (SSSR count). The highest BCUT2D eigenvalue weighted by Gasteiger charge is 2.19. The molecule has 0 aliphatic carbocycles. The zero-order chi connectivity index (χ0) is 18.9. The van der Waals surface area contributed by atoms with Gasteiger partial charge in [0.25, 0.3) is 10.0 Å². The molecule has 6 nitrogen and oxygen atoms in total. The van der Waals surface area contributed by atoms with Gasteiger partial charge in [0.15, 0.2) is 0 Å². The van der Waals surface area contributed by atoms with Crippen LogP contribution in [0.15, 0.2) is 53.6 Å². The molecule has 0 aliphatic rings. The van der Waals surface area contributed by atoms with Crippen LogP contribution in [0.25, 0.3) is 10.9 Å². The number of hydrogen-bond acceptors (Lipinski definition) is 3. The number of aryl methyl sites for hydroxylation is 1. The normalized spacial score (nSPS) is 11.5. The third-order valence-electron chi connectivity index (χ3n) is 3.80. The first-order chi connectivity index (χ1) is 12.3. The number of nitrogens with one attached hydrogen (secondary N) is 2. The predicted octanol–water partition coefficient (Wildman–Crippen LogP) is 4.48. The molecule has 0 saturated heterocycles. The molecule has 0 unspecified atom stereocenters. The molecule has 1 heterocycles. The van der Waals surface area contributed by atoms with Gasteiger partial charge in [-0.05, 0) is 48.7 Å². The summed E-state index contributed by atoms with van der Waals surface area (Å²) in [6.07, 6.45) is 1.88. The number of aromatic nitrogens is 1. The van der Waals surface area contributed by atoms with Crippen molar-refractivity contribution in [3.8, 4) is 0 Å². The number of nitrogens with zero attached hydrogens (tertiary/aromatic N) is 1. The van der Waals surface area contributed by atoms with Crippen LogP contribution < -0.4 is 10.0 Å². The summed E-state index contributed by atoms with van der Waals surface area (Å²) in [5, 5.41) is 3.91. The summed E-state index contributed by atoms with van der Waals surface area (Å²) < 4.78 is 28.9. The Kier molecular flexibility index (Phi) is 5.13. The Bertz CT molecular complexity index is 1090. The van der Waals surface area contributed by atoms with Crippen molar-refractivity contribution in [3.05, 3.63) is 58.7 Å². The van der Waals surface area contributed by atoms with E-state index >= 15 is 0 Å². The quantitative estimate of drug-likeness (QED) is 0.663. The first kappa shape index (κ1) is 18.6. The van der Waals surface area contributed by atoms with E-state index in [2.05, 4.69) is 5.32 Å². The summed E-state index contributed by atoms with van der Waals surface area (Å²) in [5.74, 6) is 0. The van der Waals surface area contributed by atoms with Crippen molar-refractivity contribution in [1.29, 1.82) is 0 Å². The standard InChI is InChI=1S/C17H15Cl2N3O3S/c1-2-22-8-7-11-3-5-13(10-16(11)22)26(24,25)21-17(23)20-12-4-6-14(18)15(19)9-12/h3-10H,2H2,1H3,(H2,20,21,23). The highest BCUT2D eigenvalue weighted by Crippen LogP contribution is 2.25. The SMILES string of the molecule is CCn1ccc2ccc(S(=O)(=O)NC(=O)Nc3ccc(Cl)c(Cl)c3)cc21. The summed E-state index contributed by atoms with van der Waals surface area (Å²) in [6.45, 7) is 2.67. The molecule has 26 heavy (non-hydrogen) atoms. The van der Waals surface area contributed by atoms with Gasteiger partial charge in [0.05, 0.1) is 14.9 Å². The number of hydrogen-bond donors (Lipinski definition) is 2. The fourth-order valence-corrected chi connectivity index (χ4v) is 3.74. The monoisotopic (exact) mass is 411 g/mol. The smallest absolute Gasteiger partial charge is 0.333 e. The van der Waals surface area contributed by atoms with Crippen molar-refractivity contribution < 1.29 is 13.2 Å². The molecule has 9 heteroatoms. The number of fused-ring (bicyclic) bond motifs is 1. The van der Waals surface area contributed by atoms with Gasteiger partial charge in [0.2, 0.25) is 0 Å². The van der Waals surface area contributed by atoms with Crippen molar-refractivity contribution in [2.45, 2.75) is 18.4 Å². The first-order valence-electron chi connectivity index (χ1n) is 7.68. The van der Waals surface area contributed by atoms with Gasteiger partial charge in [0.1, 0.15) is 0 Å². The van der Waals surface area contributed by atoms with Crippen molar-refractivity contribution >= 4 is 55.8 Å². The summed E-state index contributed by atoms with van der Waals surface area (Å²) in [6, 6.07) is 10.1. The maximum Gasteiger partial charge on any atom is 0.333 e. The van der Waals surface area contributed by atoms with E-state index in [1.807, 2.05) is 28.5 Å². The molecular weight excluding hydrogens is 397 g/mol. The summed E-state index contributed by atoms with van der Waals surface area (Å²) >= 11 is 11.7. The number of anilines is 1. The van der Waals surface area contributed by atoms with E-state index in [1.165, 1.54) is 30.3 Å². The third-order valence-corrected chi connectivity index (χ3v) is 5.87. The molecule has 0 saturated carbocycles. The van der Waals surface area contributed by atoms with E-state index in [0.29, 0.717) is 17.3 Å². The predicted molar refractivity (Wildman–Crippen MR) is 103 cm³/mol. The van der Waals surface area contributed by atoms with Gasteiger partial charge < -0.3 is 9.88 Å². The minimum absolute atomic E-state index is 0.00249. The number of carbonyl (C=O) groups is 1. The first-order valence-corrected chi connectivity index (χ1v) is 9.92. The highest BCUT2D eigenvalue weighted by atomic mass is 35.5. The van der Waals surface area contributed by atoms with E-state index in [1.54, 1.807) is 6.07 Å². The van der Waals surface area contributed by atoms with Gasteiger partial charge in [-0.2, -0.15) is 0 Å². The van der Waals surface area contributed by atoms with Crippen LogP contribution in [-0.2, 0) is 16.6 Å². The lowest BCUT2D eigenvalue weighted by Gasteiger charge is -2.10. The zero-order valence-electron chi connectivity index (χ0n) is 13.7. The van der Waals surface area contributed by atoms with Crippen molar-refractivity contribution in [2.24, 2.45) is 0 Å². The summed E-state index contributed by atoms with van der Waals surface area (Å²) in [5.41, 5.74) is 1.10. The lowest BCUT2D eigenvalue weighted by Crippen LogP contribution is -2.34. The molecule has 3 aromatic rings. The Morgan fingerprint density at radius 1 is 1.08 bits per heavy atom.